The third kappa shape index (κ3) is 4.82. The van der Waals surface area contributed by atoms with Gasteiger partial charge in [-0.05, 0) is 36.5 Å². The molecule has 1 aliphatic rings. The van der Waals surface area contributed by atoms with E-state index in [1.165, 1.54) is 38.4 Å². The van der Waals surface area contributed by atoms with E-state index in [9.17, 15) is 18.0 Å². The van der Waals surface area contributed by atoms with Crippen LogP contribution in [0.3, 0.4) is 0 Å². The minimum absolute atomic E-state index is 0.00181. The lowest BCUT2D eigenvalue weighted by Crippen LogP contribution is -2.44. The van der Waals surface area contributed by atoms with Crippen LogP contribution in [-0.4, -0.2) is 63.3 Å². The average Bonchev–Trinajstić information content (AvgIpc) is 2.58. The largest absolute Gasteiger partial charge is 0.452 e. The van der Waals surface area contributed by atoms with Crippen LogP contribution in [0.1, 0.15) is 30.6 Å². The number of rotatable bonds is 5. The molecule has 0 N–H and O–H groups in total. The Bertz CT molecular complexity index is 766. The number of carbonyl (C=O) groups is 2. The second-order valence-electron chi connectivity index (χ2n) is 7.14. The molecule has 1 aromatic rings. The van der Waals surface area contributed by atoms with Gasteiger partial charge < -0.3 is 9.64 Å². The summed E-state index contributed by atoms with van der Waals surface area (Å²) in [6.07, 6.45) is 1.08. The van der Waals surface area contributed by atoms with E-state index in [1.807, 2.05) is 0 Å². The van der Waals surface area contributed by atoms with Crippen molar-refractivity contribution >= 4 is 21.9 Å². The molecule has 0 aliphatic carbocycles. The van der Waals surface area contributed by atoms with Gasteiger partial charge >= 0.3 is 5.97 Å². The van der Waals surface area contributed by atoms with Crippen molar-refractivity contribution < 1.29 is 22.7 Å². The average molecular weight is 382 g/mol. The van der Waals surface area contributed by atoms with Gasteiger partial charge in [-0.15, -0.1) is 0 Å². The first kappa shape index (κ1) is 20.4. The van der Waals surface area contributed by atoms with E-state index in [0.29, 0.717) is 24.9 Å². The number of hydrogen-bond donors (Lipinski definition) is 0. The van der Waals surface area contributed by atoms with Crippen molar-refractivity contribution in [1.29, 1.82) is 0 Å². The number of sulfonamides is 1. The Morgan fingerprint density at radius 3 is 2.38 bits per heavy atom. The van der Waals surface area contributed by atoms with Gasteiger partial charge in [-0.25, -0.2) is 17.5 Å². The number of benzene rings is 1. The second kappa shape index (κ2) is 8.18. The molecule has 2 rings (SSSR count). The Kier molecular flexibility index (Phi) is 6.41. The summed E-state index contributed by atoms with van der Waals surface area (Å²) >= 11 is 0. The minimum Gasteiger partial charge on any atom is -0.452 e. The van der Waals surface area contributed by atoms with Crippen LogP contribution in [0.2, 0.25) is 0 Å². The van der Waals surface area contributed by atoms with Crippen LogP contribution in [0.5, 0.6) is 0 Å². The molecule has 1 amide bonds. The summed E-state index contributed by atoms with van der Waals surface area (Å²) in [5, 5.41) is 0. The topological polar surface area (TPSA) is 84.0 Å². The summed E-state index contributed by atoms with van der Waals surface area (Å²) in [4.78, 5) is 26.2. The predicted molar refractivity (Wildman–Crippen MR) is 97.1 cm³/mol. The highest BCUT2D eigenvalue weighted by Crippen LogP contribution is 2.21. The first-order valence-electron chi connectivity index (χ1n) is 8.58. The number of carbonyl (C=O) groups excluding carboxylic acids is 2. The number of piperidine rings is 1. The van der Waals surface area contributed by atoms with Crippen LogP contribution in [0.4, 0.5) is 0 Å². The quantitative estimate of drug-likeness (QED) is 0.722. The maximum Gasteiger partial charge on any atom is 0.338 e. The molecule has 8 heteroatoms. The lowest BCUT2D eigenvalue weighted by molar-refractivity contribution is -0.137. The fraction of sp³-hybridized carbons (Fsp3) is 0.556. The van der Waals surface area contributed by atoms with Crippen LogP contribution >= 0.6 is 0 Å². The van der Waals surface area contributed by atoms with Gasteiger partial charge in [0, 0.05) is 27.2 Å². The third-order valence-corrected chi connectivity index (χ3v) is 6.21. The third-order valence-electron chi connectivity index (χ3n) is 4.40. The molecular weight excluding hydrogens is 356 g/mol. The van der Waals surface area contributed by atoms with Crippen molar-refractivity contribution in [3.05, 3.63) is 29.8 Å². The number of nitrogens with zero attached hydrogens (tertiary/aromatic N) is 2. The molecule has 7 nitrogen and oxygen atoms in total. The molecule has 1 saturated heterocycles. The maximum absolute atomic E-state index is 12.3. The molecule has 1 aromatic carbocycles. The Morgan fingerprint density at radius 2 is 1.81 bits per heavy atom. The van der Waals surface area contributed by atoms with Crippen molar-refractivity contribution in [2.45, 2.75) is 25.2 Å². The van der Waals surface area contributed by atoms with Crippen LogP contribution < -0.4 is 0 Å². The highest BCUT2D eigenvalue weighted by molar-refractivity contribution is 7.89. The zero-order valence-corrected chi connectivity index (χ0v) is 16.5. The molecule has 26 heavy (non-hydrogen) atoms. The summed E-state index contributed by atoms with van der Waals surface area (Å²) in [5.74, 6) is -0.0984. The second-order valence-corrected chi connectivity index (χ2v) is 9.29. The van der Waals surface area contributed by atoms with Gasteiger partial charge in [-0.3, -0.25) is 4.79 Å². The Balaban J connectivity index is 2.01. The number of hydrogen-bond acceptors (Lipinski definition) is 5. The number of ether oxygens (including phenoxy) is 1. The summed E-state index contributed by atoms with van der Waals surface area (Å²) < 4.78 is 30.5. The molecule has 144 valence electrons. The highest BCUT2D eigenvalue weighted by Gasteiger charge is 2.26. The van der Waals surface area contributed by atoms with Gasteiger partial charge in [-0.2, -0.15) is 0 Å². The summed E-state index contributed by atoms with van der Waals surface area (Å²) in [6.45, 7) is 5.18. The van der Waals surface area contributed by atoms with Crippen molar-refractivity contribution in [3.63, 3.8) is 0 Å². The predicted octanol–water partition coefficient (Wildman–Crippen LogP) is 1.60. The molecule has 0 saturated carbocycles. The zero-order valence-electron chi connectivity index (χ0n) is 15.6. The summed E-state index contributed by atoms with van der Waals surface area (Å²) in [6, 6.07) is 5.61. The molecule has 1 fully saturated rings. The summed E-state index contributed by atoms with van der Waals surface area (Å²) in [7, 11) is -0.811. The van der Waals surface area contributed by atoms with E-state index in [2.05, 4.69) is 13.8 Å². The van der Waals surface area contributed by atoms with E-state index in [0.717, 1.165) is 10.7 Å². The molecule has 2 atom stereocenters. The smallest absolute Gasteiger partial charge is 0.338 e. The van der Waals surface area contributed by atoms with Crippen LogP contribution in [0, 0.1) is 11.8 Å². The van der Waals surface area contributed by atoms with Crippen molar-refractivity contribution in [2.75, 3.05) is 33.8 Å². The van der Waals surface area contributed by atoms with Crippen LogP contribution in [-0.2, 0) is 19.6 Å². The molecular formula is C18H26N2O5S. The van der Waals surface area contributed by atoms with Crippen LogP contribution in [0.15, 0.2) is 29.2 Å². The standard InChI is InChI=1S/C18H26N2O5S/c1-13-8-14(2)11-20(10-13)17(21)12-25-18(22)15-6-5-7-16(9-15)26(23,24)19(3)4/h5-7,9,13-14H,8,10-12H2,1-4H3/t13-,14-/m1/s1. The van der Waals surface area contributed by atoms with Crippen molar-refractivity contribution in [2.24, 2.45) is 11.8 Å². The zero-order chi connectivity index (χ0) is 19.5. The number of likely N-dealkylation sites (tertiary alicyclic amines) is 1. The highest BCUT2D eigenvalue weighted by atomic mass is 32.2. The molecule has 0 spiro atoms. The Hall–Kier alpha value is -1.93. The van der Waals surface area contributed by atoms with Gasteiger partial charge in [-0.1, -0.05) is 19.9 Å². The first-order valence-corrected chi connectivity index (χ1v) is 10.0. The number of esters is 1. The number of amides is 1. The van der Waals surface area contributed by atoms with Gasteiger partial charge in [0.05, 0.1) is 10.5 Å². The van der Waals surface area contributed by atoms with Gasteiger partial charge in [0.1, 0.15) is 0 Å². The van der Waals surface area contributed by atoms with E-state index < -0.39 is 16.0 Å². The van der Waals surface area contributed by atoms with Gasteiger partial charge in [0.15, 0.2) is 6.61 Å². The molecule has 1 aliphatic heterocycles. The van der Waals surface area contributed by atoms with Crippen LogP contribution in [0.25, 0.3) is 0 Å². The van der Waals surface area contributed by atoms with Crippen molar-refractivity contribution in [3.8, 4) is 0 Å². The van der Waals surface area contributed by atoms with E-state index in [1.54, 1.807) is 4.90 Å². The SMILES string of the molecule is C[C@@H]1C[C@@H](C)CN(C(=O)COC(=O)c2cccc(S(=O)(=O)N(C)C)c2)C1. The Labute approximate surface area is 155 Å². The molecule has 0 unspecified atom stereocenters. The molecule has 1 heterocycles. The van der Waals surface area contributed by atoms with E-state index in [4.69, 9.17) is 4.74 Å². The Morgan fingerprint density at radius 1 is 1.19 bits per heavy atom. The lowest BCUT2D eigenvalue weighted by atomic mass is 9.92. The fourth-order valence-electron chi connectivity index (χ4n) is 3.16. The van der Waals surface area contributed by atoms with E-state index in [-0.39, 0.29) is 23.0 Å². The maximum atomic E-state index is 12.3. The lowest BCUT2D eigenvalue weighted by Gasteiger charge is -2.34. The fourth-order valence-corrected chi connectivity index (χ4v) is 4.11. The normalized spacial score (nSPS) is 20.9. The molecule has 0 aromatic heterocycles. The van der Waals surface area contributed by atoms with Gasteiger partial charge in [0.25, 0.3) is 5.91 Å². The molecule has 0 radical (unpaired) electrons. The van der Waals surface area contributed by atoms with Crippen molar-refractivity contribution in [1.82, 2.24) is 9.21 Å². The van der Waals surface area contributed by atoms with Gasteiger partial charge in [0.2, 0.25) is 10.0 Å². The monoisotopic (exact) mass is 382 g/mol. The molecule has 0 bridgehead atoms. The summed E-state index contributed by atoms with van der Waals surface area (Å²) in [5.41, 5.74) is 0.0982. The van der Waals surface area contributed by atoms with E-state index >= 15 is 0 Å². The minimum atomic E-state index is -3.64. The first-order chi connectivity index (χ1) is 12.1.